The molecule has 0 aromatic heterocycles. The predicted molar refractivity (Wildman–Crippen MR) is 366 cm³/mol. The summed E-state index contributed by atoms with van der Waals surface area (Å²) in [5, 5.41) is 54.2. The van der Waals surface area contributed by atoms with Crippen LogP contribution < -0.4 is 5.32 Å². The minimum atomic E-state index is -1.58. The molecule has 6 N–H and O–H groups in total. The lowest BCUT2D eigenvalue weighted by Gasteiger charge is -2.40. The first-order valence-corrected chi connectivity index (χ1v) is 37.0. The van der Waals surface area contributed by atoms with E-state index in [1.165, 1.54) is 250 Å². The standard InChI is InChI=1S/C76H139NO10/c1-3-5-7-9-11-13-14-15-16-17-31-35-38-41-44-48-52-56-60-64-72(81)85-65-61-57-53-49-45-42-39-36-33-30-28-26-24-22-20-18-19-21-23-25-27-29-32-34-37-40-43-47-51-55-59-63-71(80)77-68(69(79)62-58-54-50-46-12-10-8-6-4-2)67-86-76-75(84)74(83)73(82)70(66-78)87-76/h4,6,12,20,22,26,28,46,58,62,68-70,73-76,78-79,82-84H,3,5,7-11,13-19,21,23-25,27,29-45,47-57,59-61,63-67H2,1-2H3,(H,77,80)/b6-4+,22-20-,28-26-,46-12+,62-58+. The summed E-state index contributed by atoms with van der Waals surface area (Å²) in [6.07, 6.45) is 77.0. The molecule has 0 bridgehead atoms. The number of aliphatic hydroxyl groups excluding tert-OH is 5. The summed E-state index contributed by atoms with van der Waals surface area (Å²) in [5.41, 5.74) is 0. The van der Waals surface area contributed by atoms with E-state index in [2.05, 4.69) is 54.8 Å². The van der Waals surface area contributed by atoms with Crippen LogP contribution in [0, 0.1) is 0 Å². The van der Waals surface area contributed by atoms with Gasteiger partial charge in [-0.2, -0.15) is 0 Å². The molecular formula is C76H139NO10. The molecule has 0 aliphatic carbocycles. The zero-order valence-corrected chi connectivity index (χ0v) is 56.5. The fraction of sp³-hybridized carbons (Fsp3) is 0.842. The first-order valence-electron chi connectivity index (χ1n) is 37.0. The largest absolute Gasteiger partial charge is 0.466 e. The summed E-state index contributed by atoms with van der Waals surface area (Å²) in [6, 6.07) is -0.834. The number of unbranched alkanes of at least 4 members (excludes halogenated alkanes) is 44. The van der Waals surface area contributed by atoms with Gasteiger partial charge in [-0.15, -0.1) is 0 Å². The maximum atomic E-state index is 13.0. The number of hydrogen-bond donors (Lipinski definition) is 6. The number of rotatable bonds is 65. The number of aliphatic hydroxyl groups is 5. The summed E-state index contributed by atoms with van der Waals surface area (Å²) in [7, 11) is 0. The smallest absolute Gasteiger partial charge is 0.305 e. The normalized spacial score (nSPS) is 18.2. The molecule has 0 aromatic rings. The average molecular weight is 1230 g/mol. The molecule has 87 heavy (non-hydrogen) atoms. The molecule has 0 radical (unpaired) electrons. The Hall–Kier alpha value is -2.64. The highest BCUT2D eigenvalue weighted by atomic mass is 16.7. The van der Waals surface area contributed by atoms with Gasteiger partial charge in [0.2, 0.25) is 5.91 Å². The van der Waals surface area contributed by atoms with Crippen molar-refractivity contribution >= 4 is 11.9 Å². The molecule has 1 amide bonds. The van der Waals surface area contributed by atoms with Crippen molar-refractivity contribution < 1.29 is 49.3 Å². The van der Waals surface area contributed by atoms with Crippen LogP contribution in [0.15, 0.2) is 60.8 Å². The van der Waals surface area contributed by atoms with E-state index in [-0.39, 0.29) is 18.5 Å². The number of hydrogen-bond acceptors (Lipinski definition) is 10. The van der Waals surface area contributed by atoms with Crippen LogP contribution in [0.3, 0.4) is 0 Å². The quantitative estimate of drug-likeness (QED) is 0.0195. The Morgan fingerprint density at radius 2 is 0.828 bits per heavy atom. The van der Waals surface area contributed by atoms with E-state index in [1.807, 2.05) is 19.1 Å². The van der Waals surface area contributed by atoms with Gasteiger partial charge in [-0.05, 0) is 84.0 Å². The Kier molecular flexibility index (Phi) is 61.4. The number of allylic oxidation sites excluding steroid dienone is 9. The molecule has 0 spiro atoms. The summed E-state index contributed by atoms with van der Waals surface area (Å²) < 4.78 is 16.7. The summed E-state index contributed by atoms with van der Waals surface area (Å²) in [5.74, 6) is -0.189. The predicted octanol–water partition coefficient (Wildman–Crippen LogP) is 19.3. The van der Waals surface area contributed by atoms with Crippen molar-refractivity contribution in [1.29, 1.82) is 0 Å². The van der Waals surface area contributed by atoms with Crippen molar-refractivity contribution in [2.24, 2.45) is 0 Å². The highest BCUT2D eigenvalue weighted by molar-refractivity contribution is 5.76. The average Bonchev–Trinajstić information content (AvgIpc) is 3.72. The van der Waals surface area contributed by atoms with Gasteiger partial charge in [0.1, 0.15) is 24.4 Å². The van der Waals surface area contributed by atoms with Crippen molar-refractivity contribution in [3.8, 4) is 0 Å². The van der Waals surface area contributed by atoms with E-state index >= 15 is 0 Å². The first kappa shape index (κ1) is 82.4. The second kappa shape index (κ2) is 64.9. The Balaban J connectivity index is 1.90. The van der Waals surface area contributed by atoms with Gasteiger partial charge < -0.3 is 45.1 Å². The summed E-state index contributed by atoms with van der Waals surface area (Å²) in [6.45, 7) is 4.12. The Bertz CT molecular complexity index is 1630. The van der Waals surface area contributed by atoms with Crippen LogP contribution in [-0.2, 0) is 23.8 Å². The zero-order valence-electron chi connectivity index (χ0n) is 56.5. The third-order valence-electron chi connectivity index (χ3n) is 17.4. The molecule has 0 aromatic carbocycles. The molecule has 1 aliphatic heterocycles. The van der Waals surface area contributed by atoms with Gasteiger partial charge in [0.15, 0.2) is 6.29 Å². The van der Waals surface area contributed by atoms with Gasteiger partial charge in [0.05, 0.1) is 32.0 Å². The first-order chi connectivity index (χ1) is 42.7. The topological polar surface area (TPSA) is 175 Å². The SMILES string of the molecule is C/C=C/CC/C=C/CC/C=C/C(O)C(COC1OC(CO)C(O)C(O)C1O)NC(=O)CCCCCCCCCCCCCCCCC/C=C\C/C=C\CCCCCCCCCCCOC(=O)CCCCCCCCCCCCCCCCCCCCC. The van der Waals surface area contributed by atoms with Crippen LogP contribution in [0.4, 0.5) is 0 Å². The summed E-state index contributed by atoms with van der Waals surface area (Å²) >= 11 is 0. The van der Waals surface area contributed by atoms with Crippen molar-refractivity contribution in [3.63, 3.8) is 0 Å². The number of nitrogens with one attached hydrogen (secondary N) is 1. The van der Waals surface area contributed by atoms with Crippen LogP contribution in [0.1, 0.15) is 348 Å². The molecule has 0 saturated carbocycles. The Morgan fingerprint density at radius 1 is 0.448 bits per heavy atom. The monoisotopic (exact) mass is 1230 g/mol. The van der Waals surface area contributed by atoms with Gasteiger partial charge >= 0.3 is 5.97 Å². The number of carbonyl (C=O) groups excluding carboxylic acids is 2. The van der Waals surface area contributed by atoms with Crippen molar-refractivity contribution in [1.82, 2.24) is 5.32 Å². The van der Waals surface area contributed by atoms with Crippen LogP contribution in [0.5, 0.6) is 0 Å². The van der Waals surface area contributed by atoms with E-state index in [0.717, 1.165) is 70.6 Å². The molecule has 508 valence electrons. The number of ether oxygens (including phenoxy) is 3. The maximum absolute atomic E-state index is 13.0. The molecule has 7 unspecified atom stereocenters. The van der Waals surface area contributed by atoms with E-state index < -0.39 is 49.5 Å². The lowest BCUT2D eigenvalue weighted by atomic mass is 9.99. The third-order valence-corrected chi connectivity index (χ3v) is 17.4. The highest BCUT2D eigenvalue weighted by Gasteiger charge is 2.44. The second-order valence-corrected chi connectivity index (χ2v) is 25.6. The zero-order chi connectivity index (χ0) is 63.0. The van der Waals surface area contributed by atoms with Crippen LogP contribution in [-0.4, -0.2) is 100 Å². The number of carbonyl (C=O) groups is 2. The van der Waals surface area contributed by atoms with E-state index in [1.54, 1.807) is 6.08 Å². The number of esters is 1. The van der Waals surface area contributed by atoms with E-state index in [9.17, 15) is 35.1 Å². The Labute approximate surface area is 535 Å². The summed E-state index contributed by atoms with van der Waals surface area (Å²) in [4.78, 5) is 25.1. The van der Waals surface area contributed by atoms with Gasteiger partial charge in [-0.25, -0.2) is 0 Å². The van der Waals surface area contributed by atoms with Crippen molar-refractivity contribution in [3.05, 3.63) is 60.8 Å². The maximum Gasteiger partial charge on any atom is 0.305 e. The van der Waals surface area contributed by atoms with Crippen LogP contribution in [0.2, 0.25) is 0 Å². The molecule has 1 aliphatic rings. The molecule has 7 atom stereocenters. The van der Waals surface area contributed by atoms with E-state index in [0.29, 0.717) is 19.4 Å². The van der Waals surface area contributed by atoms with Gasteiger partial charge in [-0.3, -0.25) is 9.59 Å². The fourth-order valence-electron chi connectivity index (χ4n) is 11.6. The van der Waals surface area contributed by atoms with Crippen molar-refractivity contribution in [2.75, 3.05) is 19.8 Å². The highest BCUT2D eigenvalue weighted by Crippen LogP contribution is 2.23. The fourth-order valence-corrected chi connectivity index (χ4v) is 11.6. The lowest BCUT2D eigenvalue weighted by molar-refractivity contribution is -0.302. The molecule has 11 nitrogen and oxygen atoms in total. The minimum Gasteiger partial charge on any atom is -0.466 e. The van der Waals surface area contributed by atoms with Crippen LogP contribution >= 0.6 is 0 Å². The molecule has 1 fully saturated rings. The number of amides is 1. The lowest BCUT2D eigenvalue weighted by Crippen LogP contribution is -2.60. The van der Waals surface area contributed by atoms with Crippen LogP contribution in [0.25, 0.3) is 0 Å². The van der Waals surface area contributed by atoms with Gasteiger partial charge in [0.25, 0.3) is 0 Å². The molecule has 1 heterocycles. The van der Waals surface area contributed by atoms with E-state index in [4.69, 9.17) is 14.2 Å². The molecule has 11 heteroatoms. The molecule has 1 saturated heterocycles. The second-order valence-electron chi connectivity index (χ2n) is 25.6. The minimum absolute atomic E-state index is 0.00962. The van der Waals surface area contributed by atoms with Crippen molar-refractivity contribution in [2.45, 2.75) is 391 Å². The van der Waals surface area contributed by atoms with Gasteiger partial charge in [-0.1, -0.05) is 312 Å². The molecular weight excluding hydrogens is 1090 g/mol. The third kappa shape index (κ3) is 53.7. The van der Waals surface area contributed by atoms with Gasteiger partial charge in [0, 0.05) is 12.8 Å². The Morgan fingerprint density at radius 3 is 1.26 bits per heavy atom. The molecule has 1 rings (SSSR count).